The number of aliphatic hydroxyl groups excluding tert-OH is 1. The molecule has 2 unspecified atom stereocenters. The first-order valence-electron chi connectivity index (χ1n) is 7.45. The van der Waals surface area contributed by atoms with Gasteiger partial charge in [-0.05, 0) is 62.4 Å². The topological polar surface area (TPSA) is 49.5 Å². The maximum absolute atomic E-state index is 13.5. The highest BCUT2D eigenvalue weighted by Crippen LogP contribution is 2.20. The number of nitrogens with zero attached hydrogens (tertiary/aromatic N) is 1. The molecule has 2 rings (SSSR count). The molecule has 1 fully saturated rings. The van der Waals surface area contributed by atoms with Crippen LogP contribution in [0.1, 0.15) is 36.4 Å². The number of halogens is 1. The van der Waals surface area contributed by atoms with E-state index < -0.39 is 0 Å². The van der Waals surface area contributed by atoms with E-state index in [4.69, 9.17) is 5.73 Å². The summed E-state index contributed by atoms with van der Waals surface area (Å²) in [5, 5.41) is 9.23. The maximum Gasteiger partial charge on any atom is 0.126 e. The summed E-state index contributed by atoms with van der Waals surface area (Å²) in [6, 6.07) is 5.12. The summed E-state index contributed by atoms with van der Waals surface area (Å²) < 4.78 is 13.5. The number of hydrogen-bond acceptors (Lipinski definition) is 3. The Balaban J connectivity index is 1.85. The lowest BCUT2D eigenvalue weighted by molar-refractivity contribution is 0.118. The zero-order valence-corrected chi connectivity index (χ0v) is 12.2. The van der Waals surface area contributed by atoms with E-state index in [0.29, 0.717) is 11.5 Å². The number of hydrogen-bond donors (Lipinski definition) is 2. The van der Waals surface area contributed by atoms with Crippen LogP contribution < -0.4 is 5.73 Å². The summed E-state index contributed by atoms with van der Waals surface area (Å²) in [6.45, 7) is 4.96. The molecular formula is C16H25FN2O. The van der Waals surface area contributed by atoms with Gasteiger partial charge in [-0.15, -0.1) is 0 Å². The van der Waals surface area contributed by atoms with Crippen molar-refractivity contribution in [3.8, 4) is 0 Å². The Morgan fingerprint density at radius 2 is 2.30 bits per heavy atom. The fraction of sp³-hybridized carbons (Fsp3) is 0.625. The second kappa shape index (κ2) is 7.16. The van der Waals surface area contributed by atoms with Crippen LogP contribution in [-0.2, 0) is 0 Å². The van der Waals surface area contributed by atoms with Crippen molar-refractivity contribution in [1.82, 2.24) is 4.90 Å². The van der Waals surface area contributed by atoms with Gasteiger partial charge in [0.15, 0.2) is 0 Å². The SMILES string of the molecule is Cc1ccc(C(N)CCN2CCCC(CO)C2)cc1F. The summed E-state index contributed by atoms with van der Waals surface area (Å²) >= 11 is 0. The van der Waals surface area contributed by atoms with Gasteiger partial charge in [-0.2, -0.15) is 0 Å². The molecule has 1 aliphatic heterocycles. The third-order valence-electron chi connectivity index (χ3n) is 4.24. The molecular weight excluding hydrogens is 255 g/mol. The molecule has 1 aromatic rings. The zero-order valence-electron chi connectivity index (χ0n) is 12.2. The van der Waals surface area contributed by atoms with Gasteiger partial charge in [0.1, 0.15) is 5.82 Å². The van der Waals surface area contributed by atoms with Crippen molar-refractivity contribution in [3.63, 3.8) is 0 Å². The van der Waals surface area contributed by atoms with Crippen molar-refractivity contribution >= 4 is 0 Å². The number of nitrogens with two attached hydrogens (primary N) is 1. The molecule has 1 aliphatic rings. The first-order valence-corrected chi connectivity index (χ1v) is 7.45. The Kier molecular flexibility index (Phi) is 5.52. The van der Waals surface area contributed by atoms with E-state index in [2.05, 4.69) is 4.90 Å². The zero-order chi connectivity index (χ0) is 14.5. The fourth-order valence-corrected chi connectivity index (χ4v) is 2.83. The predicted molar refractivity (Wildman–Crippen MR) is 78.9 cm³/mol. The Morgan fingerprint density at radius 1 is 1.50 bits per heavy atom. The minimum atomic E-state index is -0.184. The van der Waals surface area contributed by atoms with Crippen LogP contribution in [-0.4, -0.2) is 36.2 Å². The minimum Gasteiger partial charge on any atom is -0.396 e. The molecule has 3 nitrogen and oxygen atoms in total. The van der Waals surface area contributed by atoms with Crippen LogP contribution in [0.2, 0.25) is 0 Å². The molecule has 0 spiro atoms. The van der Waals surface area contributed by atoms with Crippen LogP contribution in [0.25, 0.3) is 0 Å². The normalized spacial score (nSPS) is 21.9. The van der Waals surface area contributed by atoms with Crippen molar-refractivity contribution < 1.29 is 9.50 Å². The number of aryl methyl sites for hydroxylation is 1. The average molecular weight is 280 g/mol. The van der Waals surface area contributed by atoms with Crippen LogP contribution >= 0.6 is 0 Å². The van der Waals surface area contributed by atoms with Crippen LogP contribution in [0, 0.1) is 18.7 Å². The second-order valence-electron chi connectivity index (χ2n) is 5.90. The number of aliphatic hydroxyl groups is 1. The van der Waals surface area contributed by atoms with Crippen molar-refractivity contribution in [2.75, 3.05) is 26.2 Å². The van der Waals surface area contributed by atoms with E-state index in [9.17, 15) is 9.50 Å². The second-order valence-corrected chi connectivity index (χ2v) is 5.90. The van der Waals surface area contributed by atoms with E-state index in [-0.39, 0.29) is 18.5 Å². The van der Waals surface area contributed by atoms with Gasteiger partial charge >= 0.3 is 0 Å². The quantitative estimate of drug-likeness (QED) is 0.869. The minimum absolute atomic E-state index is 0.125. The molecule has 1 aromatic carbocycles. The lowest BCUT2D eigenvalue weighted by Gasteiger charge is -2.32. The Bertz CT molecular complexity index is 438. The summed E-state index contributed by atoms with van der Waals surface area (Å²) in [7, 11) is 0. The average Bonchev–Trinajstić information content (AvgIpc) is 2.47. The largest absolute Gasteiger partial charge is 0.396 e. The lowest BCUT2D eigenvalue weighted by atomic mass is 9.97. The van der Waals surface area contributed by atoms with E-state index in [0.717, 1.165) is 44.5 Å². The lowest BCUT2D eigenvalue weighted by Crippen LogP contribution is -2.38. The molecule has 0 radical (unpaired) electrons. The predicted octanol–water partition coefficient (Wildman–Crippen LogP) is 2.23. The summed E-state index contributed by atoms with van der Waals surface area (Å²) in [4.78, 5) is 2.36. The van der Waals surface area contributed by atoms with Gasteiger partial charge in [-0.25, -0.2) is 4.39 Å². The van der Waals surface area contributed by atoms with Crippen molar-refractivity contribution in [1.29, 1.82) is 0 Å². The van der Waals surface area contributed by atoms with Crippen LogP contribution in [0.15, 0.2) is 18.2 Å². The van der Waals surface area contributed by atoms with E-state index in [1.807, 2.05) is 6.07 Å². The standard InChI is InChI=1S/C16H25FN2O/c1-12-4-5-14(9-15(12)17)16(18)6-8-19-7-2-3-13(10-19)11-20/h4-5,9,13,16,20H,2-3,6-8,10-11,18H2,1H3. The number of rotatable bonds is 5. The molecule has 112 valence electrons. The monoisotopic (exact) mass is 280 g/mol. The highest BCUT2D eigenvalue weighted by Gasteiger charge is 2.19. The van der Waals surface area contributed by atoms with Crippen molar-refractivity contribution in [2.24, 2.45) is 11.7 Å². The number of piperidine rings is 1. The summed E-state index contributed by atoms with van der Waals surface area (Å²) in [6.07, 6.45) is 3.07. The van der Waals surface area contributed by atoms with Gasteiger partial charge in [-0.3, -0.25) is 0 Å². The van der Waals surface area contributed by atoms with Crippen LogP contribution in [0.3, 0.4) is 0 Å². The fourth-order valence-electron chi connectivity index (χ4n) is 2.83. The molecule has 2 atom stereocenters. The molecule has 1 saturated heterocycles. The summed E-state index contributed by atoms with van der Waals surface area (Å²) in [5.74, 6) is 0.216. The highest BCUT2D eigenvalue weighted by atomic mass is 19.1. The molecule has 0 bridgehead atoms. The number of benzene rings is 1. The van der Waals surface area contributed by atoms with Crippen LogP contribution in [0.5, 0.6) is 0 Å². The van der Waals surface area contributed by atoms with Gasteiger partial charge in [-0.1, -0.05) is 12.1 Å². The van der Waals surface area contributed by atoms with E-state index in [1.54, 1.807) is 19.1 Å². The molecule has 1 heterocycles. The first-order chi connectivity index (χ1) is 9.60. The number of likely N-dealkylation sites (tertiary alicyclic amines) is 1. The third kappa shape index (κ3) is 4.01. The van der Waals surface area contributed by atoms with Gasteiger partial charge in [0.25, 0.3) is 0 Å². The smallest absolute Gasteiger partial charge is 0.126 e. The molecule has 0 saturated carbocycles. The molecule has 20 heavy (non-hydrogen) atoms. The first kappa shape index (κ1) is 15.4. The third-order valence-corrected chi connectivity index (χ3v) is 4.24. The van der Waals surface area contributed by atoms with E-state index >= 15 is 0 Å². The molecule has 0 amide bonds. The van der Waals surface area contributed by atoms with Crippen LogP contribution in [0.4, 0.5) is 4.39 Å². The maximum atomic E-state index is 13.5. The van der Waals surface area contributed by atoms with Gasteiger partial charge in [0, 0.05) is 19.2 Å². The highest BCUT2D eigenvalue weighted by molar-refractivity contribution is 5.25. The van der Waals surface area contributed by atoms with E-state index in [1.165, 1.54) is 0 Å². The van der Waals surface area contributed by atoms with Gasteiger partial charge in [0.05, 0.1) is 0 Å². The van der Waals surface area contributed by atoms with Gasteiger partial charge in [0.2, 0.25) is 0 Å². The molecule has 4 heteroatoms. The Hall–Kier alpha value is -0.970. The molecule has 0 aliphatic carbocycles. The Morgan fingerprint density at radius 3 is 3.00 bits per heavy atom. The van der Waals surface area contributed by atoms with Gasteiger partial charge < -0.3 is 15.7 Å². The molecule has 0 aromatic heterocycles. The summed E-state index contributed by atoms with van der Waals surface area (Å²) in [5.41, 5.74) is 7.68. The molecule has 3 N–H and O–H groups in total. The van der Waals surface area contributed by atoms with Crippen molar-refractivity contribution in [2.45, 2.75) is 32.2 Å². The van der Waals surface area contributed by atoms with Crippen molar-refractivity contribution in [3.05, 3.63) is 35.1 Å². The Labute approximate surface area is 120 Å².